The van der Waals surface area contributed by atoms with Gasteiger partial charge in [0.1, 0.15) is 0 Å². The van der Waals surface area contributed by atoms with E-state index in [2.05, 4.69) is 29.5 Å². The summed E-state index contributed by atoms with van der Waals surface area (Å²) < 4.78 is 1.76. The predicted molar refractivity (Wildman–Crippen MR) is 100 cm³/mol. The van der Waals surface area contributed by atoms with Crippen molar-refractivity contribution in [1.29, 1.82) is 0 Å². The Morgan fingerprint density at radius 1 is 1.25 bits per heavy atom. The summed E-state index contributed by atoms with van der Waals surface area (Å²) in [6.07, 6.45) is 8.89. The lowest BCUT2D eigenvalue weighted by Gasteiger charge is -2.28. The maximum absolute atomic E-state index is 11.6. The average molecular weight is 332 g/mol. The lowest BCUT2D eigenvalue weighted by Crippen LogP contribution is -2.44. The van der Waals surface area contributed by atoms with Crippen molar-refractivity contribution in [2.24, 2.45) is 10.9 Å². The topological polar surface area (TPSA) is 58.4 Å². The number of hydrogen-bond acceptors (Lipinski definition) is 2. The molecule has 5 heteroatoms. The number of unbranched alkanes of at least 4 members (excludes halogenated alkanes) is 1. The summed E-state index contributed by atoms with van der Waals surface area (Å²) in [5, 5.41) is 6.92. The van der Waals surface area contributed by atoms with Crippen LogP contribution in [0.15, 0.2) is 34.2 Å². The van der Waals surface area contributed by atoms with Gasteiger partial charge in [0.05, 0.1) is 0 Å². The second-order valence-corrected chi connectivity index (χ2v) is 6.80. The van der Waals surface area contributed by atoms with Crippen molar-refractivity contribution in [3.05, 3.63) is 34.7 Å². The van der Waals surface area contributed by atoms with Gasteiger partial charge in [-0.2, -0.15) is 0 Å². The van der Waals surface area contributed by atoms with E-state index in [4.69, 9.17) is 0 Å². The largest absolute Gasteiger partial charge is 0.357 e. The molecule has 0 aromatic carbocycles. The minimum Gasteiger partial charge on any atom is -0.357 e. The summed E-state index contributed by atoms with van der Waals surface area (Å²) in [6, 6.07) is 5.85. The molecule has 134 valence electrons. The molecular weight excluding hydrogens is 300 g/mol. The minimum atomic E-state index is 0.0718. The Balaban J connectivity index is 1.72. The van der Waals surface area contributed by atoms with Crippen molar-refractivity contribution >= 4 is 5.96 Å². The summed E-state index contributed by atoms with van der Waals surface area (Å²) in [5.74, 6) is 1.80. The molecule has 0 atom stereocenters. The van der Waals surface area contributed by atoms with E-state index >= 15 is 0 Å². The van der Waals surface area contributed by atoms with Crippen LogP contribution in [0.2, 0.25) is 0 Å². The molecule has 2 N–H and O–H groups in total. The summed E-state index contributed by atoms with van der Waals surface area (Å²) >= 11 is 0. The number of aryl methyl sites for hydroxylation is 1. The summed E-state index contributed by atoms with van der Waals surface area (Å²) in [7, 11) is 0. The molecule has 1 aromatic heterocycles. The van der Waals surface area contributed by atoms with E-state index in [1.54, 1.807) is 16.7 Å². The number of guanidine groups is 1. The molecule has 0 bridgehead atoms. The summed E-state index contributed by atoms with van der Waals surface area (Å²) in [5.41, 5.74) is 0.0718. The quantitative estimate of drug-likeness (QED) is 0.458. The first-order chi connectivity index (χ1) is 11.7. The number of aromatic nitrogens is 1. The molecule has 1 aliphatic rings. The van der Waals surface area contributed by atoms with Crippen LogP contribution in [0, 0.1) is 5.92 Å². The Hall–Kier alpha value is -1.78. The third-order valence-electron chi connectivity index (χ3n) is 4.68. The van der Waals surface area contributed by atoms with E-state index in [1.165, 1.54) is 25.7 Å². The molecule has 0 aliphatic heterocycles. The molecule has 0 amide bonds. The second kappa shape index (κ2) is 10.2. The fourth-order valence-corrected chi connectivity index (χ4v) is 3.15. The molecule has 2 rings (SSSR count). The van der Waals surface area contributed by atoms with Gasteiger partial charge in [-0.3, -0.25) is 9.79 Å². The lowest BCUT2D eigenvalue weighted by molar-refractivity contribution is 0.329. The van der Waals surface area contributed by atoms with Gasteiger partial charge in [0.15, 0.2) is 5.96 Å². The van der Waals surface area contributed by atoms with Crippen LogP contribution in [0.5, 0.6) is 0 Å². The van der Waals surface area contributed by atoms with Crippen LogP contribution in [-0.4, -0.2) is 29.7 Å². The van der Waals surface area contributed by atoms with Crippen molar-refractivity contribution < 1.29 is 0 Å². The van der Waals surface area contributed by atoms with Gasteiger partial charge < -0.3 is 15.2 Å². The third-order valence-corrected chi connectivity index (χ3v) is 4.68. The summed E-state index contributed by atoms with van der Waals surface area (Å²) in [6.45, 7) is 6.88. The lowest BCUT2D eigenvalue weighted by atomic mass is 9.87. The third kappa shape index (κ3) is 6.38. The van der Waals surface area contributed by atoms with Gasteiger partial charge in [-0.1, -0.05) is 13.0 Å². The van der Waals surface area contributed by atoms with Crippen LogP contribution in [0.3, 0.4) is 0 Å². The highest BCUT2D eigenvalue weighted by Crippen LogP contribution is 2.23. The van der Waals surface area contributed by atoms with Crippen molar-refractivity contribution in [1.82, 2.24) is 15.2 Å². The standard InChI is InChI=1S/C19H32N4O/c1-3-20-19(22-17-11-9-16(2)10-12-17)21-13-5-7-15-23-14-6-4-8-18(23)24/h4,6,8,14,16-17H,3,5,7,9-13,15H2,1-2H3,(H2,20,21,22). The molecule has 0 saturated heterocycles. The fourth-order valence-electron chi connectivity index (χ4n) is 3.15. The molecule has 1 aliphatic carbocycles. The van der Waals surface area contributed by atoms with Gasteiger partial charge in [0.2, 0.25) is 5.56 Å². The minimum absolute atomic E-state index is 0.0718. The van der Waals surface area contributed by atoms with Gasteiger partial charge in [-0.25, -0.2) is 0 Å². The first-order valence-corrected chi connectivity index (χ1v) is 9.39. The van der Waals surface area contributed by atoms with Crippen molar-refractivity contribution in [2.75, 3.05) is 13.1 Å². The molecule has 1 aromatic rings. The van der Waals surface area contributed by atoms with E-state index in [0.29, 0.717) is 6.04 Å². The first-order valence-electron chi connectivity index (χ1n) is 9.39. The molecular formula is C19H32N4O. The molecule has 0 radical (unpaired) electrons. The molecule has 0 unspecified atom stereocenters. The Morgan fingerprint density at radius 3 is 2.75 bits per heavy atom. The Bertz CT molecular complexity index is 558. The van der Waals surface area contributed by atoms with Crippen LogP contribution in [0.4, 0.5) is 0 Å². The highest BCUT2D eigenvalue weighted by atomic mass is 16.1. The highest BCUT2D eigenvalue weighted by Gasteiger charge is 2.18. The highest BCUT2D eigenvalue weighted by molar-refractivity contribution is 5.80. The van der Waals surface area contributed by atoms with E-state index in [-0.39, 0.29) is 5.56 Å². The molecule has 1 fully saturated rings. The van der Waals surface area contributed by atoms with Crippen LogP contribution in [0.25, 0.3) is 0 Å². The van der Waals surface area contributed by atoms with E-state index in [9.17, 15) is 4.79 Å². The Labute approximate surface area is 145 Å². The number of rotatable bonds is 7. The van der Waals surface area contributed by atoms with Gasteiger partial charge in [-0.15, -0.1) is 0 Å². The molecule has 1 saturated carbocycles. The SMILES string of the molecule is CCNC(=NCCCCn1ccccc1=O)NC1CCC(C)CC1. The second-order valence-electron chi connectivity index (χ2n) is 6.80. The summed E-state index contributed by atoms with van der Waals surface area (Å²) in [4.78, 5) is 16.3. The van der Waals surface area contributed by atoms with Crippen molar-refractivity contribution in [3.8, 4) is 0 Å². The smallest absolute Gasteiger partial charge is 0.250 e. The molecule has 5 nitrogen and oxygen atoms in total. The van der Waals surface area contributed by atoms with Gasteiger partial charge in [-0.05, 0) is 57.4 Å². The normalized spacial score (nSPS) is 21.5. The van der Waals surface area contributed by atoms with Crippen LogP contribution >= 0.6 is 0 Å². The number of aliphatic imine (C=N–C) groups is 1. The number of hydrogen-bond donors (Lipinski definition) is 2. The fraction of sp³-hybridized carbons (Fsp3) is 0.684. The van der Waals surface area contributed by atoms with E-state index < -0.39 is 0 Å². The van der Waals surface area contributed by atoms with Crippen LogP contribution in [-0.2, 0) is 6.54 Å². The average Bonchev–Trinajstić information content (AvgIpc) is 2.58. The van der Waals surface area contributed by atoms with Crippen LogP contribution < -0.4 is 16.2 Å². The van der Waals surface area contributed by atoms with Gasteiger partial charge >= 0.3 is 0 Å². The number of nitrogens with one attached hydrogen (secondary N) is 2. The molecule has 24 heavy (non-hydrogen) atoms. The number of nitrogens with zero attached hydrogens (tertiary/aromatic N) is 2. The molecule has 0 spiro atoms. The van der Waals surface area contributed by atoms with Crippen molar-refractivity contribution in [3.63, 3.8) is 0 Å². The van der Waals surface area contributed by atoms with Crippen molar-refractivity contribution in [2.45, 2.75) is 65.0 Å². The first kappa shape index (κ1) is 18.6. The van der Waals surface area contributed by atoms with E-state index in [0.717, 1.165) is 44.4 Å². The van der Waals surface area contributed by atoms with Crippen LogP contribution in [0.1, 0.15) is 52.4 Å². The zero-order chi connectivity index (χ0) is 17.2. The maximum atomic E-state index is 11.6. The zero-order valence-corrected chi connectivity index (χ0v) is 15.1. The van der Waals surface area contributed by atoms with Gasteiger partial charge in [0, 0.05) is 37.9 Å². The maximum Gasteiger partial charge on any atom is 0.250 e. The van der Waals surface area contributed by atoms with E-state index in [1.807, 2.05) is 12.3 Å². The monoisotopic (exact) mass is 332 g/mol. The zero-order valence-electron chi connectivity index (χ0n) is 15.1. The predicted octanol–water partition coefficient (Wildman–Crippen LogP) is 2.76. The Morgan fingerprint density at radius 2 is 2.04 bits per heavy atom. The van der Waals surface area contributed by atoms with Gasteiger partial charge in [0.25, 0.3) is 0 Å². The molecule has 1 heterocycles. The Kier molecular flexibility index (Phi) is 7.86. The number of pyridine rings is 1.